The Morgan fingerprint density at radius 3 is 3.06 bits per heavy atom. The average Bonchev–Trinajstić information content (AvgIpc) is 2.32. The zero-order valence-corrected chi connectivity index (χ0v) is 10.4. The van der Waals surface area contributed by atoms with Crippen LogP contribution in [-0.4, -0.2) is 55.6 Å². The van der Waals surface area contributed by atoms with E-state index in [1.807, 2.05) is 0 Å². The molecule has 2 atom stereocenters. The predicted octanol–water partition coefficient (Wildman–Crippen LogP) is -0.913. The highest BCUT2D eigenvalue weighted by molar-refractivity contribution is 5.89. The molecule has 17 heavy (non-hydrogen) atoms. The summed E-state index contributed by atoms with van der Waals surface area (Å²) >= 11 is 0. The smallest absolute Gasteiger partial charge is 0.242 e. The van der Waals surface area contributed by atoms with E-state index >= 15 is 0 Å². The maximum Gasteiger partial charge on any atom is 0.242 e. The molecule has 0 bridgehead atoms. The SMILES string of the molecule is COCCNC(=O)[C@@H](C)N1CCC[C@H](N)C1=O. The molecular weight excluding hydrogens is 222 g/mol. The number of amides is 2. The zero-order valence-electron chi connectivity index (χ0n) is 10.4. The van der Waals surface area contributed by atoms with Crippen LogP contribution in [0.4, 0.5) is 0 Å². The first kappa shape index (κ1) is 13.9. The lowest BCUT2D eigenvalue weighted by Crippen LogP contribution is -2.56. The van der Waals surface area contributed by atoms with E-state index < -0.39 is 12.1 Å². The molecule has 0 spiro atoms. The predicted molar refractivity (Wildman–Crippen MR) is 63.3 cm³/mol. The van der Waals surface area contributed by atoms with Gasteiger partial charge in [0.15, 0.2) is 0 Å². The Hall–Kier alpha value is -1.14. The normalized spacial score (nSPS) is 22.4. The van der Waals surface area contributed by atoms with Crippen molar-refractivity contribution >= 4 is 11.8 Å². The van der Waals surface area contributed by atoms with Gasteiger partial charge in [-0.05, 0) is 19.8 Å². The summed E-state index contributed by atoms with van der Waals surface area (Å²) in [6.45, 7) is 3.24. The highest BCUT2D eigenvalue weighted by Gasteiger charge is 2.31. The van der Waals surface area contributed by atoms with Gasteiger partial charge < -0.3 is 20.7 Å². The van der Waals surface area contributed by atoms with Gasteiger partial charge in [-0.3, -0.25) is 9.59 Å². The highest BCUT2D eigenvalue weighted by Crippen LogP contribution is 2.13. The van der Waals surface area contributed by atoms with Crippen molar-refractivity contribution in [2.45, 2.75) is 31.8 Å². The van der Waals surface area contributed by atoms with E-state index in [-0.39, 0.29) is 11.8 Å². The molecule has 1 aliphatic rings. The first-order chi connectivity index (χ1) is 8.07. The van der Waals surface area contributed by atoms with Gasteiger partial charge in [-0.15, -0.1) is 0 Å². The first-order valence-corrected chi connectivity index (χ1v) is 5.90. The van der Waals surface area contributed by atoms with Crippen LogP contribution in [0.5, 0.6) is 0 Å². The molecule has 3 N–H and O–H groups in total. The summed E-state index contributed by atoms with van der Waals surface area (Å²) in [5.74, 6) is -0.296. The van der Waals surface area contributed by atoms with E-state index in [0.717, 1.165) is 6.42 Å². The third kappa shape index (κ3) is 3.67. The molecule has 1 saturated heterocycles. The number of nitrogens with one attached hydrogen (secondary N) is 1. The number of nitrogens with zero attached hydrogens (tertiary/aromatic N) is 1. The van der Waals surface area contributed by atoms with Crippen molar-refractivity contribution in [1.82, 2.24) is 10.2 Å². The third-order valence-corrected chi connectivity index (χ3v) is 2.97. The lowest BCUT2D eigenvalue weighted by atomic mass is 10.0. The number of nitrogens with two attached hydrogens (primary N) is 1. The number of carbonyl (C=O) groups is 2. The molecule has 98 valence electrons. The van der Waals surface area contributed by atoms with Crippen molar-refractivity contribution in [2.75, 3.05) is 26.8 Å². The fourth-order valence-electron chi connectivity index (χ4n) is 1.88. The lowest BCUT2D eigenvalue weighted by Gasteiger charge is -2.34. The summed E-state index contributed by atoms with van der Waals surface area (Å²) in [5, 5.41) is 2.72. The molecule has 0 aromatic heterocycles. The standard InChI is InChI=1S/C11H21N3O3/c1-8(10(15)13-5-7-17-2)14-6-3-4-9(12)11(14)16/h8-9H,3-7,12H2,1-2H3,(H,13,15)/t8-,9+/m1/s1. The van der Waals surface area contributed by atoms with Crippen LogP contribution >= 0.6 is 0 Å². The van der Waals surface area contributed by atoms with Crippen molar-refractivity contribution in [1.29, 1.82) is 0 Å². The van der Waals surface area contributed by atoms with Crippen LogP contribution in [0.2, 0.25) is 0 Å². The van der Waals surface area contributed by atoms with Crippen LogP contribution in [0.25, 0.3) is 0 Å². The molecule has 0 unspecified atom stereocenters. The topological polar surface area (TPSA) is 84.7 Å². The number of hydrogen-bond acceptors (Lipinski definition) is 4. The number of ether oxygens (including phenoxy) is 1. The molecule has 0 saturated carbocycles. The first-order valence-electron chi connectivity index (χ1n) is 5.90. The number of methoxy groups -OCH3 is 1. The molecule has 1 heterocycles. The Bertz CT molecular complexity index is 283. The summed E-state index contributed by atoms with van der Waals surface area (Å²) in [6, 6.07) is -0.927. The van der Waals surface area contributed by atoms with Crippen molar-refractivity contribution in [3.63, 3.8) is 0 Å². The molecule has 1 rings (SSSR count). The summed E-state index contributed by atoms with van der Waals surface area (Å²) in [4.78, 5) is 25.1. The minimum absolute atomic E-state index is 0.134. The van der Waals surface area contributed by atoms with Crippen LogP contribution in [0.15, 0.2) is 0 Å². The van der Waals surface area contributed by atoms with Crippen molar-refractivity contribution in [2.24, 2.45) is 5.73 Å². The van der Waals surface area contributed by atoms with Crippen molar-refractivity contribution in [3.05, 3.63) is 0 Å². The minimum Gasteiger partial charge on any atom is -0.383 e. The largest absolute Gasteiger partial charge is 0.383 e. The molecule has 6 heteroatoms. The molecule has 0 aliphatic carbocycles. The number of rotatable bonds is 5. The fourth-order valence-corrected chi connectivity index (χ4v) is 1.88. The van der Waals surface area contributed by atoms with Gasteiger partial charge >= 0.3 is 0 Å². The van der Waals surface area contributed by atoms with Crippen LogP contribution in [0.3, 0.4) is 0 Å². The molecule has 0 aromatic rings. The van der Waals surface area contributed by atoms with Gasteiger partial charge in [0.05, 0.1) is 12.6 Å². The van der Waals surface area contributed by atoms with E-state index in [1.54, 1.807) is 18.9 Å². The van der Waals surface area contributed by atoms with Crippen molar-refractivity contribution in [3.8, 4) is 0 Å². The van der Waals surface area contributed by atoms with E-state index in [4.69, 9.17) is 10.5 Å². The second kappa shape index (κ2) is 6.56. The van der Waals surface area contributed by atoms with Gasteiger partial charge in [0, 0.05) is 20.2 Å². The monoisotopic (exact) mass is 243 g/mol. The van der Waals surface area contributed by atoms with E-state index in [1.165, 1.54) is 0 Å². The van der Waals surface area contributed by atoms with Crippen LogP contribution < -0.4 is 11.1 Å². The molecule has 0 radical (unpaired) electrons. The van der Waals surface area contributed by atoms with Gasteiger partial charge in [0.25, 0.3) is 0 Å². The summed E-state index contributed by atoms with van der Waals surface area (Å²) < 4.78 is 4.84. The Balaban J connectivity index is 2.47. The van der Waals surface area contributed by atoms with Gasteiger partial charge in [0.2, 0.25) is 11.8 Å². The van der Waals surface area contributed by atoms with Crippen LogP contribution in [0.1, 0.15) is 19.8 Å². The van der Waals surface area contributed by atoms with Gasteiger partial charge in [0.1, 0.15) is 6.04 Å². The quantitative estimate of drug-likeness (QED) is 0.612. The number of likely N-dealkylation sites (tertiary alicyclic amines) is 1. The third-order valence-electron chi connectivity index (χ3n) is 2.97. The molecule has 0 aromatic carbocycles. The second-order valence-electron chi connectivity index (χ2n) is 4.24. The summed E-state index contributed by atoms with van der Waals surface area (Å²) in [7, 11) is 1.57. The van der Waals surface area contributed by atoms with Gasteiger partial charge in [-0.2, -0.15) is 0 Å². The van der Waals surface area contributed by atoms with E-state index in [0.29, 0.717) is 26.1 Å². The average molecular weight is 243 g/mol. The molecule has 1 fully saturated rings. The highest BCUT2D eigenvalue weighted by atomic mass is 16.5. The Kier molecular flexibility index (Phi) is 5.37. The zero-order chi connectivity index (χ0) is 12.8. The summed E-state index contributed by atoms with van der Waals surface area (Å²) in [6.07, 6.45) is 1.55. The van der Waals surface area contributed by atoms with Gasteiger partial charge in [-0.1, -0.05) is 0 Å². The maximum absolute atomic E-state index is 11.8. The maximum atomic E-state index is 11.8. The lowest BCUT2D eigenvalue weighted by molar-refractivity contribution is -0.143. The molecule has 1 aliphatic heterocycles. The molecule has 6 nitrogen and oxygen atoms in total. The Morgan fingerprint density at radius 1 is 1.71 bits per heavy atom. The van der Waals surface area contributed by atoms with Crippen molar-refractivity contribution < 1.29 is 14.3 Å². The second-order valence-corrected chi connectivity index (χ2v) is 4.24. The minimum atomic E-state index is -0.467. The van der Waals surface area contributed by atoms with Crippen LogP contribution in [-0.2, 0) is 14.3 Å². The van der Waals surface area contributed by atoms with Crippen LogP contribution in [0, 0.1) is 0 Å². The van der Waals surface area contributed by atoms with E-state index in [2.05, 4.69) is 5.32 Å². The van der Waals surface area contributed by atoms with E-state index in [9.17, 15) is 9.59 Å². The number of hydrogen-bond donors (Lipinski definition) is 2. The molecule has 2 amide bonds. The van der Waals surface area contributed by atoms with Gasteiger partial charge in [-0.25, -0.2) is 0 Å². The summed E-state index contributed by atoms with van der Waals surface area (Å²) in [5.41, 5.74) is 5.69. The molecular formula is C11H21N3O3. The number of carbonyl (C=O) groups excluding carboxylic acids is 2. The fraction of sp³-hybridized carbons (Fsp3) is 0.818. The Morgan fingerprint density at radius 2 is 2.41 bits per heavy atom. The number of piperidine rings is 1. The Labute approximate surface area is 101 Å².